The van der Waals surface area contributed by atoms with Crippen molar-refractivity contribution in [3.8, 4) is 5.75 Å². The number of fused-ring (bicyclic) bond motifs is 1. The van der Waals surface area contributed by atoms with Gasteiger partial charge in [-0.3, -0.25) is 4.90 Å². The number of benzene rings is 1. The zero-order valence-electron chi connectivity index (χ0n) is 11.9. The third-order valence-corrected chi connectivity index (χ3v) is 5.22. The van der Waals surface area contributed by atoms with Gasteiger partial charge < -0.3 is 5.11 Å². The Morgan fingerprint density at radius 2 is 1.95 bits per heavy atom. The summed E-state index contributed by atoms with van der Waals surface area (Å²) >= 11 is 0. The number of piperidine rings is 1. The Labute approximate surface area is 116 Å². The van der Waals surface area contributed by atoms with Gasteiger partial charge in [0, 0.05) is 12.6 Å². The maximum atomic E-state index is 9.63. The van der Waals surface area contributed by atoms with E-state index in [0.29, 0.717) is 11.8 Å². The van der Waals surface area contributed by atoms with Crippen LogP contribution in [0.25, 0.3) is 0 Å². The van der Waals surface area contributed by atoms with E-state index in [2.05, 4.69) is 17.9 Å². The molecule has 1 saturated heterocycles. The predicted octanol–water partition coefficient (Wildman–Crippen LogP) is 3.97. The lowest BCUT2D eigenvalue weighted by atomic mass is 9.75. The van der Waals surface area contributed by atoms with Gasteiger partial charge in [-0.05, 0) is 55.8 Å². The largest absolute Gasteiger partial charge is 0.508 e. The van der Waals surface area contributed by atoms with Gasteiger partial charge in [0.05, 0.1) is 0 Å². The first-order valence-electron chi connectivity index (χ1n) is 7.77. The van der Waals surface area contributed by atoms with E-state index in [1.165, 1.54) is 50.8 Å². The molecule has 0 aromatic heterocycles. The molecule has 1 aliphatic heterocycles. The molecule has 3 atom stereocenters. The molecule has 1 aromatic carbocycles. The Morgan fingerprint density at radius 3 is 2.74 bits per heavy atom. The molecule has 0 bridgehead atoms. The summed E-state index contributed by atoms with van der Waals surface area (Å²) in [4.78, 5) is 2.61. The molecule has 0 radical (unpaired) electrons. The van der Waals surface area contributed by atoms with Crippen LogP contribution in [0.15, 0.2) is 24.3 Å². The molecule has 1 aromatic rings. The van der Waals surface area contributed by atoms with Crippen molar-refractivity contribution in [3.63, 3.8) is 0 Å². The van der Waals surface area contributed by atoms with Crippen LogP contribution in [0.2, 0.25) is 0 Å². The van der Waals surface area contributed by atoms with Gasteiger partial charge in [0.2, 0.25) is 0 Å². The summed E-state index contributed by atoms with van der Waals surface area (Å²) in [5.74, 6) is 2.29. The first kappa shape index (κ1) is 13.0. The minimum atomic E-state index is 0.386. The van der Waals surface area contributed by atoms with Crippen molar-refractivity contribution in [2.45, 2.75) is 45.1 Å². The van der Waals surface area contributed by atoms with E-state index in [1.54, 1.807) is 6.07 Å². The van der Waals surface area contributed by atoms with Crippen LogP contribution in [0.1, 0.15) is 50.6 Å². The van der Waals surface area contributed by atoms with E-state index in [0.717, 1.165) is 11.8 Å². The summed E-state index contributed by atoms with van der Waals surface area (Å²) < 4.78 is 0. The lowest BCUT2D eigenvalue weighted by Crippen LogP contribution is -2.42. The fourth-order valence-electron chi connectivity index (χ4n) is 3.98. The van der Waals surface area contributed by atoms with Crippen molar-refractivity contribution in [1.82, 2.24) is 4.90 Å². The highest BCUT2D eigenvalue weighted by molar-refractivity contribution is 5.29. The lowest BCUT2D eigenvalue weighted by molar-refractivity contribution is 0.0615. The molecule has 1 aliphatic carbocycles. The normalized spacial score (nSPS) is 29.7. The minimum Gasteiger partial charge on any atom is -0.508 e. The Balaban J connectivity index is 1.69. The molecule has 1 N–H and O–H groups in total. The Bertz CT molecular complexity index is 431. The van der Waals surface area contributed by atoms with Crippen LogP contribution in [0.3, 0.4) is 0 Å². The van der Waals surface area contributed by atoms with Gasteiger partial charge in [0.25, 0.3) is 0 Å². The highest BCUT2D eigenvalue weighted by Crippen LogP contribution is 2.38. The van der Waals surface area contributed by atoms with Gasteiger partial charge in [-0.15, -0.1) is 0 Å². The first-order valence-corrected chi connectivity index (χ1v) is 7.77. The second-order valence-electron chi connectivity index (χ2n) is 6.36. The zero-order valence-corrected chi connectivity index (χ0v) is 11.9. The van der Waals surface area contributed by atoms with Crippen molar-refractivity contribution in [3.05, 3.63) is 29.8 Å². The number of phenols is 1. The molecule has 2 aliphatic rings. The number of phenolic OH excluding ortho intramolecular Hbond substituents is 1. The van der Waals surface area contributed by atoms with E-state index < -0.39 is 0 Å². The average Bonchev–Trinajstić information content (AvgIpc) is 2.46. The van der Waals surface area contributed by atoms with Crippen molar-refractivity contribution in [1.29, 1.82) is 0 Å². The number of aromatic hydroxyl groups is 1. The summed E-state index contributed by atoms with van der Waals surface area (Å²) in [6.07, 6.45) is 7.12. The predicted molar refractivity (Wildman–Crippen MR) is 78.2 cm³/mol. The van der Waals surface area contributed by atoms with Crippen LogP contribution in [0.4, 0.5) is 0 Å². The molecule has 2 heteroatoms. The van der Waals surface area contributed by atoms with Crippen LogP contribution < -0.4 is 0 Å². The SMILES string of the molecule is CC(c1cccc(O)c1)N1CCC2CCCCC2C1. The van der Waals surface area contributed by atoms with Crippen LogP contribution in [0.5, 0.6) is 5.75 Å². The second kappa shape index (κ2) is 5.54. The van der Waals surface area contributed by atoms with Crippen molar-refractivity contribution >= 4 is 0 Å². The molecule has 1 heterocycles. The van der Waals surface area contributed by atoms with Gasteiger partial charge in [-0.2, -0.15) is 0 Å². The zero-order chi connectivity index (χ0) is 13.2. The fourth-order valence-corrected chi connectivity index (χ4v) is 3.98. The summed E-state index contributed by atoms with van der Waals surface area (Å²) in [5, 5.41) is 9.63. The molecule has 1 saturated carbocycles. The minimum absolute atomic E-state index is 0.386. The van der Waals surface area contributed by atoms with Crippen LogP contribution >= 0.6 is 0 Å². The van der Waals surface area contributed by atoms with E-state index >= 15 is 0 Å². The van der Waals surface area contributed by atoms with Crippen molar-refractivity contribution in [2.24, 2.45) is 11.8 Å². The first-order chi connectivity index (χ1) is 9.24. The Hall–Kier alpha value is -1.02. The quantitative estimate of drug-likeness (QED) is 0.869. The third-order valence-electron chi connectivity index (χ3n) is 5.22. The average molecular weight is 259 g/mol. The maximum absolute atomic E-state index is 9.63. The smallest absolute Gasteiger partial charge is 0.115 e. The van der Waals surface area contributed by atoms with Gasteiger partial charge in [-0.25, -0.2) is 0 Å². The molecule has 0 amide bonds. The molecule has 3 rings (SSSR count). The highest BCUT2D eigenvalue weighted by atomic mass is 16.3. The number of rotatable bonds is 2. The summed E-state index contributed by atoms with van der Waals surface area (Å²) in [7, 11) is 0. The standard InChI is InChI=1S/C17H25NO/c1-13(15-7-4-8-17(19)11-15)18-10-9-14-5-2-3-6-16(14)12-18/h4,7-8,11,13-14,16,19H,2-3,5-6,9-10,12H2,1H3. The monoisotopic (exact) mass is 259 g/mol. The molecule has 2 fully saturated rings. The fraction of sp³-hybridized carbons (Fsp3) is 0.647. The second-order valence-corrected chi connectivity index (χ2v) is 6.36. The van der Waals surface area contributed by atoms with Gasteiger partial charge >= 0.3 is 0 Å². The Kier molecular flexibility index (Phi) is 3.79. The van der Waals surface area contributed by atoms with Crippen molar-refractivity contribution in [2.75, 3.05) is 13.1 Å². The molecule has 2 nitrogen and oxygen atoms in total. The number of likely N-dealkylation sites (tertiary alicyclic amines) is 1. The van der Waals surface area contributed by atoms with E-state index in [9.17, 15) is 5.11 Å². The summed E-state index contributed by atoms with van der Waals surface area (Å²) in [5.41, 5.74) is 1.24. The molecule has 104 valence electrons. The molecule has 0 spiro atoms. The Morgan fingerprint density at radius 1 is 1.16 bits per heavy atom. The summed E-state index contributed by atoms with van der Waals surface area (Å²) in [6.45, 7) is 4.75. The molecule has 19 heavy (non-hydrogen) atoms. The van der Waals surface area contributed by atoms with Gasteiger partial charge in [-0.1, -0.05) is 31.4 Å². The lowest BCUT2D eigenvalue weighted by Gasteiger charge is -2.43. The van der Waals surface area contributed by atoms with Crippen LogP contribution in [-0.4, -0.2) is 23.1 Å². The van der Waals surface area contributed by atoms with Crippen LogP contribution in [0, 0.1) is 11.8 Å². The number of nitrogens with zero attached hydrogens (tertiary/aromatic N) is 1. The van der Waals surface area contributed by atoms with Gasteiger partial charge in [0.15, 0.2) is 0 Å². The maximum Gasteiger partial charge on any atom is 0.115 e. The molecular formula is C17H25NO. The molecule has 3 unspecified atom stereocenters. The number of hydrogen-bond acceptors (Lipinski definition) is 2. The number of hydrogen-bond donors (Lipinski definition) is 1. The van der Waals surface area contributed by atoms with Crippen molar-refractivity contribution < 1.29 is 5.11 Å². The topological polar surface area (TPSA) is 23.5 Å². The van der Waals surface area contributed by atoms with E-state index in [1.807, 2.05) is 12.1 Å². The van der Waals surface area contributed by atoms with Gasteiger partial charge in [0.1, 0.15) is 5.75 Å². The van der Waals surface area contributed by atoms with E-state index in [-0.39, 0.29) is 0 Å². The van der Waals surface area contributed by atoms with Crippen LogP contribution in [-0.2, 0) is 0 Å². The summed E-state index contributed by atoms with van der Waals surface area (Å²) in [6, 6.07) is 8.18. The highest BCUT2D eigenvalue weighted by Gasteiger charge is 2.32. The van der Waals surface area contributed by atoms with E-state index in [4.69, 9.17) is 0 Å². The third kappa shape index (κ3) is 2.79. The molecular weight excluding hydrogens is 234 g/mol.